The van der Waals surface area contributed by atoms with E-state index in [1.165, 1.54) is 44.9 Å². The van der Waals surface area contributed by atoms with Crippen molar-refractivity contribution in [3.8, 4) is 0 Å². The van der Waals surface area contributed by atoms with E-state index in [2.05, 4.69) is 44.1 Å². The van der Waals surface area contributed by atoms with Crippen LogP contribution in [0.25, 0.3) is 0 Å². The molecule has 0 saturated heterocycles. The predicted octanol–water partition coefficient (Wildman–Crippen LogP) is 3.33. The van der Waals surface area contributed by atoms with E-state index in [1.807, 2.05) is 0 Å². The zero-order chi connectivity index (χ0) is 14.6. The van der Waals surface area contributed by atoms with Gasteiger partial charge in [0.15, 0.2) is 8.32 Å². The smallest absolute Gasteiger partial charge is 0.186 e. The first-order valence-corrected chi connectivity index (χ1v) is 11.2. The van der Waals surface area contributed by atoms with Gasteiger partial charge in [-0.1, -0.05) is 13.8 Å². The normalized spacial score (nSPS) is 12.3. The van der Waals surface area contributed by atoms with Gasteiger partial charge >= 0.3 is 0 Å². The molecule has 0 heterocycles. The van der Waals surface area contributed by atoms with Crippen LogP contribution in [0.1, 0.15) is 40.0 Å². The van der Waals surface area contributed by atoms with Gasteiger partial charge < -0.3 is 14.6 Å². The first kappa shape index (κ1) is 19.1. The quantitative estimate of drug-likeness (QED) is 0.415. The van der Waals surface area contributed by atoms with Crippen LogP contribution >= 0.6 is 0 Å². The van der Waals surface area contributed by atoms with Crippen LogP contribution in [0.15, 0.2) is 0 Å². The molecule has 116 valence electrons. The van der Waals surface area contributed by atoms with Crippen LogP contribution in [0.2, 0.25) is 19.1 Å². The lowest BCUT2D eigenvalue weighted by Crippen LogP contribution is -2.35. The largest absolute Gasteiger partial charge is 0.418 e. The highest BCUT2D eigenvalue weighted by molar-refractivity contribution is 6.71. The number of hydrogen-bond donors (Lipinski definition) is 1. The molecule has 0 aliphatic rings. The van der Waals surface area contributed by atoms with Crippen molar-refractivity contribution in [3.63, 3.8) is 0 Å². The summed E-state index contributed by atoms with van der Waals surface area (Å²) in [6.45, 7) is 18.0. The molecule has 0 saturated carbocycles. The minimum Gasteiger partial charge on any atom is -0.418 e. The van der Waals surface area contributed by atoms with Gasteiger partial charge in [-0.15, -0.1) is 0 Å². The Morgan fingerprint density at radius 3 is 2.11 bits per heavy atom. The summed E-state index contributed by atoms with van der Waals surface area (Å²) in [5, 5.41) is 3.57. The Bertz CT molecular complexity index is 195. The lowest BCUT2D eigenvalue weighted by Gasteiger charge is -2.23. The molecule has 0 aromatic rings. The molecule has 0 unspecified atom stereocenters. The van der Waals surface area contributed by atoms with E-state index in [0.717, 1.165) is 19.7 Å². The Morgan fingerprint density at radius 1 is 0.947 bits per heavy atom. The van der Waals surface area contributed by atoms with E-state index in [1.54, 1.807) is 0 Å². The molecule has 0 radical (unpaired) electrons. The van der Waals surface area contributed by atoms with Crippen LogP contribution in [0.3, 0.4) is 0 Å². The lowest BCUT2D eigenvalue weighted by molar-refractivity contribution is 0.274. The van der Waals surface area contributed by atoms with Crippen molar-refractivity contribution >= 4 is 8.32 Å². The fourth-order valence-electron chi connectivity index (χ4n) is 2.43. The van der Waals surface area contributed by atoms with Crippen LogP contribution in [-0.4, -0.2) is 52.5 Å². The van der Waals surface area contributed by atoms with E-state index in [4.69, 9.17) is 4.43 Å². The number of nitrogens with zero attached hydrogens (tertiary/aromatic N) is 1. The predicted molar refractivity (Wildman–Crippen MR) is 88.4 cm³/mol. The zero-order valence-electron chi connectivity index (χ0n) is 13.9. The molecule has 0 aliphatic heterocycles. The van der Waals surface area contributed by atoms with Crippen LogP contribution < -0.4 is 5.32 Å². The third-order valence-corrected chi connectivity index (χ3v) is 5.98. The van der Waals surface area contributed by atoms with Crippen LogP contribution in [0, 0.1) is 0 Å². The molecular formula is C15H36N2OSi. The average molecular weight is 289 g/mol. The first-order valence-electron chi connectivity index (χ1n) is 8.12. The minimum atomic E-state index is -1.36. The molecule has 0 aromatic heterocycles. The second kappa shape index (κ2) is 11.9. The SMILES string of the molecule is CCCN(CCC)CCNCCC[Si](C)(C)OCC. The van der Waals surface area contributed by atoms with Crippen molar-refractivity contribution < 1.29 is 4.43 Å². The molecule has 0 spiro atoms. The molecule has 0 rings (SSSR count). The maximum atomic E-state index is 5.84. The Morgan fingerprint density at radius 2 is 1.58 bits per heavy atom. The van der Waals surface area contributed by atoms with E-state index in [0.29, 0.717) is 0 Å². The molecule has 0 bridgehead atoms. The van der Waals surface area contributed by atoms with E-state index >= 15 is 0 Å². The fraction of sp³-hybridized carbons (Fsp3) is 1.00. The summed E-state index contributed by atoms with van der Waals surface area (Å²) in [5.74, 6) is 0. The van der Waals surface area contributed by atoms with Crippen molar-refractivity contribution in [1.29, 1.82) is 0 Å². The molecule has 1 N–H and O–H groups in total. The Hall–Kier alpha value is 0.0969. The Balaban J connectivity index is 3.52. The highest BCUT2D eigenvalue weighted by Crippen LogP contribution is 2.12. The standard InChI is InChI=1S/C15H36N2OSi/c1-6-12-17(13-7-2)14-11-16-10-9-15-19(4,5)18-8-3/h16H,6-15H2,1-5H3. The van der Waals surface area contributed by atoms with Gasteiger partial charge in [0.25, 0.3) is 0 Å². The third-order valence-electron chi connectivity index (χ3n) is 3.35. The van der Waals surface area contributed by atoms with Gasteiger partial charge in [-0.2, -0.15) is 0 Å². The van der Waals surface area contributed by atoms with Crippen molar-refractivity contribution in [1.82, 2.24) is 10.2 Å². The maximum Gasteiger partial charge on any atom is 0.186 e. The van der Waals surface area contributed by atoms with Crippen LogP contribution in [-0.2, 0) is 4.43 Å². The van der Waals surface area contributed by atoms with Gasteiger partial charge in [0.1, 0.15) is 0 Å². The highest BCUT2D eigenvalue weighted by Gasteiger charge is 2.20. The zero-order valence-corrected chi connectivity index (χ0v) is 14.9. The molecule has 0 amide bonds. The monoisotopic (exact) mass is 288 g/mol. The number of rotatable bonds is 13. The van der Waals surface area contributed by atoms with Gasteiger partial charge in [-0.25, -0.2) is 0 Å². The second-order valence-corrected chi connectivity index (χ2v) is 10.2. The molecule has 0 fully saturated rings. The van der Waals surface area contributed by atoms with Crippen molar-refractivity contribution in [2.75, 3.05) is 39.3 Å². The lowest BCUT2D eigenvalue weighted by atomic mass is 10.3. The second-order valence-electron chi connectivity index (χ2n) is 5.89. The minimum absolute atomic E-state index is 0.871. The summed E-state index contributed by atoms with van der Waals surface area (Å²) in [6, 6.07) is 1.27. The summed E-state index contributed by atoms with van der Waals surface area (Å²) in [4.78, 5) is 2.56. The molecular weight excluding hydrogens is 252 g/mol. The van der Waals surface area contributed by atoms with E-state index in [9.17, 15) is 0 Å². The third kappa shape index (κ3) is 11.6. The van der Waals surface area contributed by atoms with Gasteiger partial charge in [-0.05, 0) is 65.0 Å². The summed E-state index contributed by atoms with van der Waals surface area (Å²) < 4.78 is 5.84. The summed E-state index contributed by atoms with van der Waals surface area (Å²) in [5.41, 5.74) is 0. The topological polar surface area (TPSA) is 24.5 Å². The van der Waals surface area contributed by atoms with Crippen LogP contribution in [0.5, 0.6) is 0 Å². The van der Waals surface area contributed by atoms with Gasteiger partial charge in [0, 0.05) is 19.7 Å². The maximum absolute atomic E-state index is 5.84. The number of hydrogen-bond acceptors (Lipinski definition) is 3. The summed E-state index contributed by atoms with van der Waals surface area (Å²) >= 11 is 0. The summed E-state index contributed by atoms with van der Waals surface area (Å²) in [6.07, 6.45) is 3.77. The Labute approximate surface area is 122 Å². The molecule has 3 nitrogen and oxygen atoms in total. The van der Waals surface area contributed by atoms with Crippen LogP contribution in [0.4, 0.5) is 0 Å². The van der Waals surface area contributed by atoms with Gasteiger partial charge in [-0.3, -0.25) is 0 Å². The average Bonchev–Trinajstić information content (AvgIpc) is 2.33. The summed E-state index contributed by atoms with van der Waals surface area (Å²) in [7, 11) is -1.36. The molecule has 0 aromatic carbocycles. The highest BCUT2D eigenvalue weighted by atomic mass is 28.4. The molecule has 0 atom stereocenters. The van der Waals surface area contributed by atoms with Crippen molar-refractivity contribution in [2.45, 2.75) is 59.2 Å². The Kier molecular flexibility index (Phi) is 11.9. The fourth-order valence-corrected chi connectivity index (χ4v) is 4.39. The number of nitrogens with one attached hydrogen (secondary N) is 1. The first-order chi connectivity index (χ1) is 9.05. The van der Waals surface area contributed by atoms with Gasteiger partial charge in [0.2, 0.25) is 0 Å². The van der Waals surface area contributed by atoms with E-state index in [-0.39, 0.29) is 0 Å². The molecule has 4 heteroatoms. The van der Waals surface area contributed by atoms with E-state index < -0.39 is 8.32 Å². The van der Waals surface area contributed by atoms with Crippen molar-refractivity contribution in [3.05, 3.63) is 0 Å². The van der Waals surface area contributed by atoms with Gasteiger partial charge in [0.05, 0.1) is 0 Å². The van der Waals surface area contributed by atoms with Crippen molar-refractivity contribution in [2.24, 2.45) is 0 Å². The molecule has 0 aliphatic carbocycles. The molecule has 19 heavy (non-hydrogen) atoms.